The van der Waals surface area contributed by atoms with E-state index < -0.39 is 59.8 Å². The number of aliphatic hydroxyl groups excluding tert-OH is 1. The molecule has 55 heavy (non-hydrogen) atoms. The number of carbonyl (C=O) groups excluding carboxylic acids is 3. The van der Waals surface area contributed by atoms with Crippen LogP contribution in [0.1, 0.15) is 69.6 Å². The molecule has 8 atom stereocenters. The summed E-state index contributed by atoms with van der Waals surface area (Å²) in [5.74, 6) is 0.653. The first-order chi connectivity index (χ1) is 25.8. The van der Waals surface area contributed by atoms with E-state index in [1.165, 1.54) is 12.2 Å². The number of hydrogen-bond acceptors (Lipinski definition) is 14. The van der Waals surface area contributed by atoms with Gasteiger partial charge in [-0.2, -0.15) is 20.4 Å². The highest BCUT2D eigenvalue weighted by Crippen LogP contribution is 2.66. The Labute approximate surface area is 317 Å². The van der Waals surface area contributed by atoms with Gasteiger partial charge in [0, 0.05) is 49.6 Å². The number of amides is 4. The van der Waals surface area contributed by atoms with Crippen LogP contribution >= 0.6 is 35.2 Å². The number of thioether (sulfide) groups is 1. The maximum absolute atomic E-state index is 12.5. The number of aromatic nitrogens is 2. The van der Waals surface area contributed by atoms with E-state index in [-0.39, 0.29) is 54.9 Å². The van der Waals surface area contributed by atoms with Gasteiger partial charge in [0.25, 0.3) is 5.56 Å². The highest BCUT2D eigenvalue weighted by atomic mass is 32.2. The number of aliphatic hydroxyl groups is 1. The zero-order valence-electron chi connectivity index (χ0n) is 29.2. The number of H-pyrrole nitrogens is 1. The number of unbranched alkanes of at least 4 members (excludes halogenated alkanes) is 3. The van der Waals surface area contributed by atoms with Gasteiger partial charge in [-0.05, 0) is 25.7 Å². The summed E-state index contributed by atoms with van der Waals surface area (Å²) in [5, 5.41) is 22.2. The maximum atomic E-state index is 12.5. The zero-order chi connectivity index (χ0) is 40.4. The molecule has 310 valence electrons. The van der Waals surface area contributed by atoms with Crippen LogP contribution in [0.15, 0.2) is 21.9 Å². The van der Waals surface area contributed by atoms with Crippen molar-refractivity contribution in [3.05, 3.63) is 38.7 Å². The SMILES string of the molecule is O=C(CCCCCNC(=O)CCCC[C@@H]1SC[C@@H]2NC(=O)N[C@@H]21)NCC=Cc1cn([C@H]2C[C@@H](O)[C@@H](COP(=O)(O)OP(=O)(O)OP(=O)(O)O)O2)c(=O)[nH]c1=O. The number of fused-ring (bicyclic) bond motifs is 1. The lowest BCUT2D eigenvalue weighted by Crippen LogP contribution is -2.36. The van der Waals surface area contributed by atoms with Crippen molar-refractivity contribution >= 4 is 59.2 Å². The number of aromatic amines is 1. The minimum absolute atomic E-state index is 0.0169. The molecule has 23 nitrogen and oxygen atoms in total. The molecular formula is C28H45N6O17P3S. The number of ether oxygens (including phenoxy) is 1. The number of nitrogens with zero attached hydrogens (tertiary/aromatic N) is 1. The van der Waals surface area contributed by atoms with Gasteiger partial charge in [-0.3, -0.25) is 28.5 Å². The first-order valence-corrected chi connectivity index (χ1v) is 22.7. The molecule has 3 fully saturated rings. The molecule has 0 bridgehead atoms. The summed E-state index contributed by atoms with van der Waals surface area (Å²) in [7, 11) is -16.8. The van der Waals surface area contributed by atoms with Gasteiger partial charge in [0.2, 0.25) is 11.8 Å². The molecule has 10 N–H and O–H groups in total. The van der Waals surface area contributed by atoms with E-state index in [1.54, 1.807) is 0 Å². The fourth-order valence-electron chi connectivity index (χ4n) is 5.97. The van der Waals surface area contributed by atoms with Crippen LogP contribution in [0.2, 0.25) is 0 Å². The Hall–Kier alpha value is -2.69. The Balaban J connectivity index is 1.10. The second-order valence-corrected chi connectivity index (χ2v) is 18.5. The van der Waals surface area contributed by atoms with Crippen LogP contribution in [0.25, 0.3) is 6.08 Å². The molecule has 1 aromatic rings. The van der Waals surface area contributed by atoms with Crippen LogP contribution < -0.4 is 32.5 Å². The van der Waals surface area contributed by atoms with Crippen LogP contribution in [0, 0.1) is 0 Å². The molecule has 2 unspecified atom stereocenters. The fraction of sp³-hybridized carbons (Fsp3) is 0.679. The van der Waals surface area contributed by atoms with Crippen LogP contribution in [0.5, 0.6) is 0 Å². The lowest BCUT2D eigenvalue weighted by molar-refractivity contribution is -0.122. The lowest BCUT2D eigenvalue weighted by atomic mass is 10.0. The van der Waals surface area contributed by atoms with Crippen molar-refractivity contribution < 1.29 is 70.6 Å². The fourth-order valence-corrected chi connectivity index (χ4v) is 10.5. The van der Waals surface area contributed by atoms with E-state index in [1.807, 2.05) is 11.8 Å². The van der Waals surface area contributed by atoms with E-state index in [0.717, 1.165) is 42.2 Å². The first kappa shape index (κ1) is 45.0. The number of phosphoric acid groups is 3. The van der Waals surface area contributed by atoms with Gasteiger partial charge < -0.3 is 50.7 Å². The third kappa shape index (κ3) is 15.0. The summed E-state index contributed by atoms with van der Waals surface area (Å²) in [6, 6.07) is 0.235. The molecule has 27 heteroatoms. The van der Waals surface area contributed by atoms with Crippen molar-refractivity contribution in [1.82, 2.24) is 30.8 Å². The van der Waals surface area contributed by atoms with Crippen molar-refractivity contribution in [2.45, 2.75) is 93.6 Å². The van der Waals surface area contributed by atoms with Gasteiger partial charge in [-0.1, -0.05) is 25.0 Å². The number of phosphoric ester groups is 1. The molecule has 3 aliphatic heterocycles. The van der Waals surface area contributed by atoms with Gasteiger partial charge >= 0.3 is 35.2 Å². The molecule has 4 rings (SSSR count). The van der Waals surface area contributed by atoms with E-state index in [0.29, 0.717) is 31.1 Å². The summed E-state index contributed by atoms with van der Waals surface area (Å²) < 4.78 is 52.4. The average molecular weight is 863 g/mol. The Morgan fingerprint density at radius 2 is 1.67 bits per heavy atom. The molecule has 3 aliphatic rings. The van der Waals surface area contributed by atoms with Gasteiger partial charge in [0.1, 0.15) is 12.3 Å². The van der Waals surface area contributed by atoms with E-state index >= 15 is 0 Å². The quantitative estimate of drug-likeness (QED) is 0.0418. The molecular weight excluding hydrogens is 817 g/mol. The smallest absolute Gasteiger partial charge is 0.390 e. The van der Waals surface area contributed by atoms with E-state index in [4.69, 9.17) is 14.5 Å². The highest BCUT2D eigenvalue weighted by Gasteiger charge is 2.44. The van der Waals surface area contributed by atoms with Gasteiger partial charge in [-0.25, -0.2) is 23.3 Å². The summed E-state index contributed by atoms with van der Waals surface area (Å²) in [5.41, 5.74) is -1.71. The molecule has 1 aromatic heterocycles. The summed E-state index contributed by atoms with van der Waals surface area (Å²) in [6.07, 6.45) is 4.94. The lowest BCUT2D eigenvalue weighted by Gasteiger charge is -2.19. The van der Waals surface area contributed by atoms with Crippen molar-refractivity contribution in [2.24, 2.45) is 0 Å². The van der Waals surface area contributed by atoms with Gasteiger partial charge in [-0.15, -0.1) is 0 Å². The van der Waals surface area contributed by atoms with Crippen LogP contribution in [0.4, 0.5) is 4.79 Å². The second kappa shape index (κ2) is 20.1. The largest absolute Gasteiger partial charge is 0.490 e. The predicted molar refractivity (Wildman–Crippen MR) is 193 cm³/mol. The predicted octanol–water partition coefficient (Wildman–Crippen LogP) is 0.0601. The third-order valence-corrected chi connectivity index (χ3v) is 13.8. The number of urea groups is 1. The van der Waals surface area contributed by atoms with Crippen molar-refractivity contribution in [3.8, 4) is 0 Å². The topological polar surface area (TPSA) is 343 Å². The minimum atomic E-state index is -5.76. The molecule has 3 saturated heterocycles. The van der Waals surface area contributed by atoms with E-state index in [9.17, 15) is 52.6 Å². The molecule has 4 amide bonds. The Morgan fingerprint density at radius 3 is 2.40 bits per heavy atom. The highest BCUT2D eigenvalue weighted by molar-refractivity contribution is 8.00. The number of carbonyl (C=O) groups is 3. The Kier molecular flexibility index (Phi) is 16.5. The Morgan fingerprint density at radius 1 is 0.964 bits per heavy atom. The van der Waals surface area contributed by atoms with Crippen LogP contribution in [0.3, 0.4) is 0 Å². The minimum Gasteiger partial charge on any atom is -0.390 e. The first-order valence-electron chi connectivity index (χ1n) is 17.2. The summed E-state index contributed by atoms with van der Waals surface area (Å²) >= 11 is 1.85. The number of nitrogens with one attached hydrogen (secondary N) is 5. The monoisotopic (exact) mass is 862 g/mol. The normalized spacial score (nSPS) is 25.9. The van der Waals surface area contributed by atoms with E-state index in [2.05, 4.69) is 39.4 Å². The third-order valence-electron chi connectivity index (χ3n) is 8.53. The van der Waals surface area contributed by atoms with Crippen LogP contribution in [-0.4, -0.2) is 107 Å². The molecule has 0 aromatic carbocycles. The van der Waals surface area contributed by atoms with Crippen molar-refractivity contribution in [3.63, 3.8) is 0 Å². The van der Waals surface area contributed by atoms with Crippen LogP contribution in [-0.2, 0) is 41.2 Å². The molecule has 4 heterocycles. The Bertz CT molecular complexity index is 1820. The standard InChI is InChI=1S/C28H45N6O17P3S/c35-19-13-24(49-20(19)15-48-53(44,45)51-54(46,47)50-52(41,42)43)34-14-17(26(38)33-28(34)40)7-6-12-30-22(36)9-2-1-5-11-29-23(37)10-4-3-8-21-25-18(16-55-21)31-27(39)32-25/h6-7,14,18-21,24-25,35H,1-5,8-13,15-16H2,(H,29,37)(H,30,36)(H,44,45)(H,46,47)(H2,31,32,39)(H,33,38,40)(H2,41,42,43)/t18-,19+,20+,21-,24+,25-/m0/s1. The number of rotatable bonds is 22. The van der Waals surface area contributed by atoms with Crippen molar-refractivity contribution in [2.75, 3.05) is 25.4 Å². The summed E-state index contributed by atoms with van der Waals surface area (Å²) in [4.78, 5) is 99.0. The zero-order valence-corrected chi connectivity index (χ0v) is 32.7. The average Bonchev–Trinajstić information content (AvgIpc) is 3.74. The van der Waals surface area contributed by atoms with Gasteiger partial charge in [0.15, 0.2) is 0 Å². The van der Waals surface area contributed by atoms with Crippen molar-refractivity contribution in [1.29, 1.82) is 0 Å². The van der Waals surface area contributed by atoms with Gasteiger partial charge in [0.05, 0.1) is 30.4 Å². The second-order valence-electron chi connectivity index (χ2n) is 12.8. The molecule has 0 radical (unpaired) electrons. The summed E-state index contributed by atoms with van der Waals surface area (Å²) in [6.45, 7) is -0.388. The maximum Gasteiger partial charge on any atom is 0.490 e. The number of hydrogen-bond donors (Lipinski definition) is 10. The molecule has 0 saturated carbocycles. The molecule has 0 aliphatic carbocycles. The molecule has 0 spiro atoms.